The molecule has 2 N–H and O–H groups in total. The van der Waals surface area contributed by atoms with Gasteiger partial charge < -0.3 is 10.6 Å². The summed E-state index contributed by atoms with van der Waals surface area (Å²) in [4.78, 5) is 18.9. The number of aryl methyl sites for hydroxylation is 1. The number of rotatable bonds is 2. The molecule has 2 atom stereocenters. The minimum Gasteiger partial charge on any atom is -0.329 e. The zero-order valence-electron chi connectivity index (χ0n) is 10.6. The van der Waals surface area contributed by atoms with E-state index in [1.54, 1.807) is 11.3 Å². The van der Waals surface area contributed by atoms with Gasteiger partial charge in [-0.1, -0.05) is 0 Å². The average Bonchev–Trinajstić information content (AvgIpc) is 3.08. The Bertz CT molecular complexity index is 455. The number of likely N-dealkylation sites (tertiary alicyclic amines) is 1. The van der Waals surface area contributed by atoms with Crippen molar-refractivity contribution in [3.05, 3.63) is 16.1 Å². The van der Waals surface area contributed by atoms with Crippen LogP contribution in [0.15, 0.2) is 5.38 Å². The summed E-state index contributed by atoms with van der Waals surface area (Å²) in [5, 5.41) is 3.11. The van der Waals surface area contributed by atoms with Crippen LogP contribution in [-0.2, 0) is 4.79 Å². The fourth-order valence-electron chi connectivity index (χ4n) is 2.80. The van der Waals surface area contributed by atoms with Crippen molar-refractivity contribution in [3.63, 3.8) is 0 Å². The van der Waals surface area contributed by atoms with Crippen molar-refractivity contribution >= 4 is 17.2 Å². The van der Waals surface area contributed by atoms with Gasteiger partial charge in [0.15, 0.2) is 0 Å². The molecule has 2 fully saturated rings. The molecule has 1 aromatic heterocycles. The van der Waals surface area contributed by atoms with Crippen molar-refractivity contribution < 1.29 is 4.79 Å². The zero-order chi connectivity index (χ0) is 12.7. The van der Waals surface area contributed by atoms with E-state index < -0.39 is 0 Å². The highest BCUT2D eigenvalue weighted by atomic mass is 32.1. The maximum absolute atomic E-state index is 12.3. The Morgan fingerprint density at radius 1 is 1.44 bits per heavy atom. The number of carbonyl (C=O) groups excluding carboxylic acids is 1. The number of nitrogens with zero attached hydrogens (tertiary/aromatic N) is 2. The Hall–Kier alpha value is -0.940. The minimum atomic E-state index is -0.00236. The van der Waals surface area contributed by atoms with E-state index in [2.05, 4.69) is 10.4 Å². The van der Waals surface area contributed by atoms with Gasteiger partial charge in [-0.15, -0.1) is 11.3 Å². The third kappa shape index (κ3) is 2.17. The fourth-order valence-corrected chi connectivity index (χ4v) is 3.44. The molecule has 3 rings (SSSR count). The van der Waals surface area contributed by atoms with E-state index in [1.807, 2.05) is 11.8 Å². The van der Waals surface area contributed by atoms with Gasteiger partial charge in [0, 0.05) is 23.9 Å². The molecular formula is C13H19N3OS. The second-order valence-corrected chi connectivity index (χ2v) is 6.39. The summed E-state index contributed by atoms with van der Waals surface area (Å²) in [5.74, 6) is 0.265. The summed E-state index contributed by atoms with van der Waals surface area (Å²) < 4.78 is 0. The van der Waals surface area contributed by atoms with Gasteiger partial charge in [-0.25, -0.2) is 4.98 Å². The highest BCUT2D eigenvalue weighted by Gasteiger charge is 2.42. The van der Waals surface area contributed by atoms with Crippen molar-refractivity contribution in [2.24, 2.45) is 5.73 Å². The lowest BCUT2D eigenvalue weighted by atomic mass is 10.0. The molecule has 0 radical (unpaired) electrons. The molecule has 1 aromatic rings. The SMILES string of the molecule is Cc1nc(C2C(N)CCCC(=O)N2C2CC2)cs1. The van der Waals surface area contributed by atoms with Crippen LogP contribution in [0.4, 0.5) is 0 Å². The first-order chi connectivity index (χ1) is 8.66. The number of hydrogen-bond acceptors (Lipinski definition) is 4. The largest absolute Gasteiger partial charge is 0.329 e. The molecule has 2 heterocycles. The molecule has 1 aliphatic heterocycles. The fraction of sp³-hybridized carbons (Fsp3) is 0.692. The first-order valence-corrected chi connectivity index (χ1v) is 7.53. The van der Waals surface area contributed by atoms with Crippen LogP contribution in [0, 0.1) is 6.92 Å². The van der Waals surface area contributed by atoms with Gasteiger partial charge in [0.05, 0.1) is 16.7 Å². The second-order valence-electron chi connectivity index (χ2n) is 5.32. The monoisotopic (exact) mass is 265 g/mol. The smallest absolute Gasteiger partial charge is 0.223 e. The summed E-state index contributed by atoms with van der Waals surface area (Å²) in [7, 11) is 0. The van der Waals surface area contributed by atoms with Crippen molar-refractivity contribution in [1.29, 1.82) is 0 Å². The van der Waals surface area contributed by atoms with E-state index in [0.717, 1.165) is 36.4 Å². The molecule has 5 heteroatoms. The van der Waals surface area contributed by atoms with Crippen LogP contribution in [0.2, 0.25) is 0 Å². The molecule has 4 nitrogen and oxygen atoms in total. The first kappa shape index (κ1) is 12.1. The van der Waals surface area contributed by atoms with E-state index in [9.17, 15) is 4.79 Å². The molecule has 0 bridgehead atoms. The third-order valence-corrected chi connectivity index (χ3v) is 4.59. The summed E-state index contributed by atoms with van der Waals surface area (Å²) in [6, 6.07) is 0.435. The number of amides is 1. The van der Waals surface area contributed by atoms with Crippen LogP contribution in [0.1, 0.15) is 48.8 Å². The van der Waals surface area contributed by atoms with Crippen LogP contribution in [0.25, 0.3) is 0 Å². The van der Waals surface area contributed by atoms with E-state index in [0.29, 0.717) is 12.5 Å². The van der Waals surface area contributed by atoms with E-state index in [-0.39, 0.29) is 18.0 Å². The molecule has 0 spiro atoms. The van der Waals surface area contributed by atoms with Crippen molar-refractivity contribution in [3.8, 4) is 0 Å². The molecular weight excluding hydrogens is 246 g/mol. The van der Waals surface area contributed by atoms with Gasteiger partial charge in [-0.2, -0.15) is 0 Å². The van der Waals surface area contributed by atoms with Gasteiger partial charge in [-0.3, -0.25) is 4.79 Å². The van der Waals surface area contributed by atoms with Crippen molar-refractivity contribution in [2.75, 3.05) is 0 Å². The lowest BCUT2D eigenvalue weighted by Crippen LogP contribution is -2.43. The van der Waals surface area contributed by atoms with Crippen LogP contribution < -0.4 is 5.73 Å². The number of hydrogen-bond donors (Lipinski definition) is 1. The van der Waals surface area contributed by atoms with Crippen molar-refractivity contribution in [1.82, 2.24) is 9.88 Å². The number of thiazole rings is 1. The molecule has 2 unspecified atom stereocenters. The van der Waals surface area contributed by atoms with Crippen LogP contribution >= 0.6 is 11.3 Å². The Balaban J connectivity index is 1.96. The number of nitrogens with two attached hydrogens (primary N) is 1. The molecule has 1 saturated heterocycles. The zero-order valence-corrected chi connectivity index (χ0v) is 11.4. The summed E-state index contributed by atoms with van der Waals surface area (Å²) in [6.45, 7) is 2.00. The molecule has 0 aromatic carbocycles. The van der Waals surface area contributed by atoms with Crippen LogP contribution in [-0.4, -0.2) is 27.9 Å². The van der Waals surface area contributed by atoms with Crippen molar-refractivity contribution in [2.45, 2.75) is 57.2 Å². The van der Waals surface area contributed by atoms with E-state index in [1.165, 1.54) is 0 Å². The summed E-state index contributed by atoms with van der Waals surface area (Å²) in [6.07, 6.45) is 4.71. The van der Waals surface area contributed by atoms with Gasteiger partial charge >= 0.3 is 0 Å². The topological polar surface area (TPSA) is 59.2 Å². The molecule has 1 saturated carbocycles. The van der Waals surface area contributed by atoms with E-state index >= 15 is 0 Å². The Labute approximate surface area is 111 Å². The second kappa shape index (κ2) is 4.63. The molecule has 1 aliphatic carbocycles. The Morgan fingerprint density at radius 2 is 2.22 bits per heavy atom. The number of aromatic nitrogens is 1. The molecule has 1 amide bonds. The van der Waals surface area contributed by atoms with Gasteiger partial charge in [0.1, 0.15) is 0 Å². The maximum atomic E-state index is 12.3. The van der Waals surface area contributed by atoms with Gasteiger partial charge in [0.25, 0.3) is 0 Å². The summed E-state index contributed by atoms with van der Waals surface area (Å²) in [5.41, 5.74) is 7.30. The van der Waals surface area contributed by atoms with Gasteiger partial charge in [-0.05, 0) is 32.6 Å². The molecule has 2 aliphatic rings. The predicted molar refractivity (Wildman–Crippen MR) is 71.3 cm³/mol. The lowest BCUT2D eigenvalue weighted by molar-refractivity contribution is -0.134. The first-order valence-electron chi connectivity index (χ1n) is 6.65. The molecule has 98 valence electrons. The number of carbonyl (C=O) groups is 1. The van der Waals surface area contributed by atoms with Crippen LogP contribution in [0.3, 0.4) is 0 Å². The Kier molecular flexibility index (Phi) is 3.11. The maximum Gasteiger partial charge on any atom is 0.223 e. The highest BCUT2D eigenvalue weighted by Crippen LogP contribution is 2.39. The third-order valence-electron chi connectivity index (χ3n) is 3.80. The quantitative estimate of drug-likeness (QED) is 0.889. The predicted octanol–water partition coefficient (Wildman–Crippen LogP) is 1.99. The summed E-state index contributed by atoms with van der Waals surface area (Å²) >= 11 is 1.64. The lowest BCUT2D eigenvalue weighted by Gasteiger charge is -2.32. The minimum absolute atomic E-state index is 0.00236. The van der Waals surface area contributed by atoms with Gasteiger partial charge in [0.2, 0.25) is 5.91 Å². The van der Waals surface area contributed by atoms with Crippen LogP contribution in [0.5, 0.6) is 0 Å². The normalized spacial score (nSPS) is 29.4. The average molecular weight is 265 g/mol. The standard InChI is InChI=1S/C13H19N3OS/c1-8-15-11(7-18-8)13-10(14)3-2-4-12(17)16(13)9-5-6-9/h7,9-10,13H,2-6,14H2,1H3. The Morgan fingerprint density at radius 3 is 2.83 bits per heavy atom. The highest BCUT2D eigenvalue weighted by molar-refractivity contribution is 7.09. The van der Waals surface area contributed by atoms with E-state index in [4.69, 9.17) is 5.73 Å². The molecule has 18 heavy (non-hydrogen) atoms.